The van der Waals surface area contributed by atoms with Gasteiger partial charge in [-0.25, -0.2) is 4.98 Å². The molecule has 1 aromatic heterocycles. The van der Waals surface area contributed by atoms with E-state index in [1.807, 2.05) is 11.6 Å². The predicted molar refractivity (Wildman–Crippen MR) is 82.6 cm³/mol. The fraction of sp³-hybridized carbons (Fsp3) is 0.438. The van der Waals surface area contributed by atoms with Crippen molar-refractivity contribution in [1.29, 1.82) is 0 Å². The van der Waals surface area contributed by atoms with Crippen LogP contribution in [0.5, 0.6) is 5.75 Å². The van der Waals surface area contributed by atoms with E-state index < -0.39 is 0 Å². The number of ether oxygens (including phenoxy) is 1. The summed E-state index contributed by atoms with van der Waals surface area (Å²) in [5.41, 5.74) is 2.85. The molecule has 0 spiro atoms. The van der Waals surface area contributed by atoms with Crippen LogP contribution in [0.15, 0.2) is 29.8 Å². The van der Waals surface area contributed by atoms with E-state index in [0.29, 0.717) is 12.0 Å². The molecule has 2 aromatic rings. The van der Waals surface area contributed by atoms with Crippen molar-refractivity contribution in [2.75, 3.05) is 13.7 Å². The first kappa shape index (κ1) is 13.6. The van der Waals surface area contributed by atoms with Crippen molar-refractivity contribution < 1.29 is 4.74 Å². The van der Waals surface area contributed by atoms with Crippen LogP contribution in [-0.2, 0) is 6.42 Å². The van der Waals surface area contributed by atoms with Gasteiger partial charge in [0, 0.05) is 30.1 Å². The third-order valence-corrected chi connectivity index (χ3v) is 4.98. The van der Waals surface area contributed by atoms with Crippen LogP contribution < -0.4 is 10.1 Å². The molecule has 2 atom stereocenters. The Morgan fingerprint density at radius 1 is 1.50 bits per heavy atom. The van der Waals surface area contributed by atoms with E-state index >= 15 is 0 Å². The molecule has 0 aliphatic heterocycles. The molecule has 20 heavy (non-hydrogen) atoms. The molecule has 1 aromatic carbocycles. The van der Waals surface area contributed by atoms with Gasteiger partial charge in [0.1, 0.15) is 5.75 Å². The van der Waals surface area contributed by atoms with Crippen LogP contribution in [0.3, 0.4) is 0 Å². The summed E-state index contributed by atoms with van der Waals surface area (Å²) in [6, 6.07) is 6.87. The van der Waals surface area contributed by atoms with Crippen molar-refractivity contribution >= 4 is 11.3 Å². The van der Waals surface area contributed by atoms with E-state index in [1.54, 1.807) is 18.4 Å². The Morgan fingerprint density at radius 2 is 2.40 bits per heavy atom. The molecule has 0 fully saturated rings. The van der Waals surface area contributed by atoms with Crippen LogP contribution in [0.2, 0.25) is 0 Å². The number of hydrogen-bond donors (Lipinski definition) is 1. The zero-order chi connectivity index (χ0) is 13.9. The fourth-order valence-electron chi connectivity index (χ4n) is 2.80. The molecule has 3 rings (SSSR count). The average molecular weight is 288 g/mol. The van der Waals surface area contributed by atoms with Crippen LogP contribution in [0.4, 0.5) is 0 Å². The quantitative estimate of drug-likeness (QED) is 0.914. The summed E-state index contributed by atoms with van der Waals surface area (Å²) in [6.07, 6.45) is 4.21. The van der Waals surface area contributed by atoms with Crippen LogP contribution in [0.1, 0.15) is 41.4 Å². The number of nitrogens with zero attached hydrogens (tertiary/aromatic N) is 1. The van der Waals surface area contributed by atoms with E-state index in [4.69, 9.17) is 4.74 Å². The number of fused-ring (bicyclic) bond motifs is 1. The van der Waals surface area contributed by atoms with Gasteiger partial charge in [0.05, 0.1) is 12.1 Å². The predicted octanol–water partition coefficient (Wildman–Crippen LogP) is 3.53. The molecule has 0 saturated heterocycles. The van der Waals surface area contributed by atoms with Crippen LogP contribution in [-0.4, -0.2) is 18.6 Å². The molecule has 0 bridgehead atoms. The van der Waals surface area contributed by atoms with Gasteiger partial charge in [0.25, 0.3) is 0 Å². The SMILES string of the molecule is COc1ccc2c(c1)C(NCC(C)c1nccs1)CC2. The average Bonchev–Trinajstić information content (AvgIpc) is 3.13. The van der Waals surface area contributed by atoms with Crippen molar-refractivity contribution in [2.45, 2.75) is 31.7 Å². The maximum Gasteiger partial charge on any atom is 0.119 e. The lowest BCUT2D eigenvalue weighted by atomic mass is 10.1. The second kappa shape index (κ2) is 5.94. The van der Waals surface area contributed by atoms with Gasteiger partial charge in [-0.2, -0.15) is 0 Å². The standard InChI is InChI=1S/C16H20N2OS/c1-11(16-17-7-8-20-16)10-18-15-6-4-12-3-5-13(19-2)9-14(12)15/h3,5,7-9,11,15,18H,4,6,10H2,1-2H3. The highest BCUT2D eigenvalue weighted by Gasteiger charge is 2.23. The summed E-state index contributed by atoms with van der Waals surface area (Å²) in [5.74, 6) is 1.41. The number of nitrogens with one attached hydrogen (secondary N) is 1. The second-order valence-electron chi connectivity index (χ2n) is 5.34. The molecular formula is C16H20N2OS. The van der Waals surface area contributed by atoms with E-state index in [-0.39, 0.29) is 0 Å². The Balaban J connectivity index is 1.66. The number of rotatable bonds is 5. The minimum Gasteiger partial charge on any atom is -0.497 e. The lowest BCUT2D eigenvalue weighted by Crippen LogP contribution is -2.24. The number of hydrogen-bond acceptors (Lipinski definition) is 4. The summed E-state index contributed by atoms with van der Waals surface area (Å²) < 4.78 is 5.34. The normalized spacial score (nSPS) is 18.8. The highest BCUT2D eigenvalue weighted by atomic mass is 32.1. The van der Waals surface area contributed by atoms with Crippen molar-refractivity contribution in [2.24, 2.45) is 0 Å². The van der Waals surface area contributed by atoms with Crippen LogP contribution >= 0.6 is 11.3 Å². The van der Waals surface area contributed by atoms with Gasteiger partial charge in [-0.3, -0.25) is 0 Å². The minimum absolute atomic E-state index is 0.447. The first-order chi connectivity index (χ1) is 9.78. The lowest BCUT2D eigenvalue weighted by Gasteiger charge is -2.17. The Kier molecular flexibility index (Phi) is 4.03. The van der Waals surface area contributed by atoms with Gasteiger partial charge in [-0.15, -0.1) is 11.3 Å². The summed E-state index contributed by atoms with van der Waals surface area (Å²) in [7, 11) is 1.73. The molecule has 0 amide bonds. The molecule has 4 heteroatoms. The molecule has 1 aliphatic carbocycles. The number of benzene rings is 1. The Labute approximate surface area is 124 Å². The monoisotopic (exact) mass is 288 g/mol. The van der Waals surface area contributed by atoms with Gasteiger partial charge in [0.2, 0.25) is 0 Å². The van der Waals surface area contributed by atoms with Crippen molar-refractivity contribution in [3.63, 3.8) is 0 Å². The Morgan fingerprint density at radius 3 is 3.15 bits per heavy atom. The van der Waals surface area contributed by atoms with Gasteiger partial charge >= 0.3 is 0 Å². The maximum atomic E-state index is 5.34. The molecule has 2 unspecified atom stereocenters. The zero-order valence-corrected chi connectivity index (χ0v) is 12.7. The molecule has 0 saturated carbocycles. The van der Waals surface area contributed by atoms with Gasteiger partial charge in [0.15, 0.2) is 0 Å². The van der Waals surface area contributed by atoms with Crippen molar-refractivity contribution in [3.8, 4) is 5.75 Å². The van der Waals surface area contributed by atoms with Crippen LogP contribution in [0, 0.1) is 0 Å². The third-order valence-electron chi connectivity index (χ3n) is 3.97. The first-order valence-corrected chi connectivity index (χ1v) is 7.95. The van der Waals surface area contributed by atoms with E-state index in [9.17, 15) is 0 Å². The van der Waals surface area contributed by atoms with Crippen molar-refractivity contribution in [3.05, 3.63) is 45.9 Å². The number of methoxy groups -OCH3 is 1. The summed E-state index contributed by atoms with van der Waals surface area (Å²) in [6.45, 7) is 3.20. The largest absolute Gasteiger partial charge is 0.497 e. The van der Waals surface area contributed by atoms with Gasteiger partial charge in [-0.1, -0.05) is 13.0 Å². The topological polar surface area (TPSA) is 34.1 Å². The van der Waals surface area contributed by atoms with E-state index in [0.717, 1.165) is 18.7 Å². The Bertz CT molecular complexity index is 568. The minimum atomic E-state index is 0.447. The van der Waals surface area contributed by atoms with E-state index in [2.05, 4.69) is 35.4 Å². The fourth-order valence-corrected chi connectivity index (χ4v) is 3.50. The highest BCUT2D eigenvalue weighted by Crippen LogP contribution is 2.34. The van der Waals surface area contributed by atoms with Gasteiger partial charge < -0.3 is 10.1 Å². The summed E-state index contributed by atoms with van der Waals surface area (Å²) >= 11 is 1.73. The molecular weight excluding hydrogens is 268 g/mol. The third kappa shape index (κ3) is 2.72. The Hall–Kier alpha value is -1.39. The zero-order valence-electron chi connectivity index (χ0n) is 11.9. The smallest absolute Gasteiger partial charge is 0.119 e. The summed E-state index contributed by atoms with van der Waals surface area (Å²) in [5, 5.41) is 6.94. The molecule has 106 valence electrons. The lowest BCUT2D eigenvalue weighted by molar-refractivity contribution is 0.413. The molecule has 1 N–H and O–H groups in total. The summed E-state index contributed by atoms with van der Waals surface area (Å²) in [4.78, 5) is 4.39. The number of thiazole rings is 1. The molecule has 1 aliphatic rings. The maximum absolute atomic E-state index is 5.34. The first-order valence-electron chi connectivity index (χ1n) is 7.07. The molecule has 3 nitrogen and oxygen atoms in total. The van der Waals surface area contributed by atoms with Crippen molar-refractivity contribution in [1.82, 2.24) is 10.3 Å². The highest BCUT2D eigenvalue weighted by molar-refractivity contribution is 7.09. The number of aryl methyl sites for hydroxylation is 1. The molecule has 0 radical (unpaired) electrons. The number of aromatic nitrogens is 1. The van der Waals surface area contributed by atoms with E-state index in [1.165, 1.54) is 22.6 Å². The molecule has 1 heterocycles. The second-order valence-corrected chi connectivity index (χ2v) is 6.26. The van der Waals surface area contributed by atoms with Gasteiger partial charge in [-0.05, 0) is 36.1 Å². The van der Waals surface area contributed by atoms with Crippen LogP contribution in [0.25, 0.3) is 0 Å².